The molecule has 168 valence electrons. The van der Waals surface area contributed by atoms with E-state index in [1.165, 1.54) is 0 Å². The van der Waals surface area contributed by atoms with Gasteiger partial charge in [-0.25, -0.2) is 4.79 Å². The summed E-state index contributed by atoms with van der Waals surface area (Å²) in [6.07, 6.45) is 1.62. The number of furan rings is 1. The second-order valence-electron chi connectivity index (χ2n) is 7.65. The third kappa shape index (κ3) is 4.25. The lowest BCUT2D eigenvalue weighted by atomic mass is 9.79. The molecule has 2 heterocycles. The number of halogens is 1. The Labute approximate surface area is 190 Å². The fourth-order valence-corrected chi connectivity index (χ4v) is 4.05. The van der Waals surface area contributed by atoms with Crippen molar-refractivity contribution in [1.82, 2.24) is 0 Å². The van der Waals surface area contributed by atoms with Crippen molar-refractivity contribution in [3.63, 3.8) is 0 Å². The van der Waals surface area contributed by atoms with E-state index in [9.17, 15) is 9.59 Å². The number of Topliss-reactive ketones (excluding diaryl/α,β-unsaturated/α-hetero) is 1. The van der Waals surface area contributed by atoms with Gasteiger partial charge in [-0.15, -0.1) is 0 Å². The number of esters is 1. The Kier molecular flexibility index (Phi) is 6.28. The summed E-state index contributed by atoms with van der Waals surface area (Å²) in [5.41, 5.74) is 7.48. The first kappa shape index (κ1) is 22.0. The summed E-state index contributed by atoms with van der Waals surface area (Å²) in [6.45, 7) is 3.92. The van der Waals surface area contributed by atoms with Crippen molar-refractivity contribution in [2.24, 2.45) is 5.73 Å². The van der Waals surface area contributed by atoms with Crippen LogP contribution in [0.3, 0.4) is 0 Å². The Morgan fingerprint density at radius 2 is 2.06 bits per heavy atom. The van der Waals surface area contributed by atoms with E-state index in [1.54, 1.807) is 31.2 Å². The number of rotatable bonds is 6. The number of hydrogen-bond donors (Lipinski definition) is 1. The second-order valence-corrected chi connectivity index (χ2v) is 8.06. The zero-order valence-corrected chi connectivity index (χ0v) is 18.7. The highest BCUT2D eigenvalue weighted by molar-refractivity contribution is 6.31. The predicted octanol–water partition coefficient (Wildman–Crippen LogP) is 4.67. The number of benzene rings is 1. The van der Waals surface area contributed by atoms with Gasteiger partial charge in [0.1, 0.15) is 35.2 Å². The topological polar surface area (TPSA) is 101 Å². The fraction of sp³-hybridized carbons (Fsp3) is 0.333. The predicted molar refractivity (Wildman–Crippen MR) is 117 cm³/mol. The summed E-state index contributed by atoms with van der Waals surface area (Å²) in [7, 11) is 0. The Morgan fingerprint density at radius 3 is 2.81 bits per heavy atom. The summed E-state index contributed by atoms with van der Waals surface area (Å²) >= 11 is 6.06. The first-order chi connectivity index (χ1) is 15.4. The summed E-state index contributed by atoms with van der Waals surface area (Å²) in [5.74, 6) is 0.522. The van der Waals surface area contributed by atoms with E-state index in [0.717, 1.165) is 5.56 Å². The Bertz CT molecular complexity index is 1130. The van der Waals surface area contributed by atoms with E-state index in [4.69, 9.17) is 36.0 Å². The molecule has 2 aliphatic rings. The molecule has 8 heteroatoms. The van der Waals surface area contributed by atoms with Crippen LogP contribution < -0.4 is 10.5 Å². The molecule has 1 aromatic heterocycles. The van der Waals surface area contributed by atoms with Crippen molar-refractivity contribution in [3.8, 4) is 5.75 Å². The lowest BCUT2D eigenvalue weighted by molar-refractivity contribution is -0.139. The smallest absolute Gasteiger partial charge is 0.340 e. The molecule has 7 nitrogen and oxygen atoms in total. The zero-order valence-electron chi connectivity index (χ0n) is 17.9. The summed E-state index contributed by atoms with van der Waals surface area (Å²) in [6, 6.07) is 8.85. The van der Waals surface area contributed by atoms with Crippen LogP contribution in [0.2, 0.25) is 5.02 Å². The normalized spacial score (nSPS) is 18.3. The van der Waals surface area contributed by atoms with Gasteiger partial charge in [0, 0.05) is 23.4 Å². The number of nitrogens with two attached hydrogens (primary N) is 1. The van der Waals surface area contributed by atoms with Gasteiger partial charge in [0.15, 0.2) is 5.78 Å². The average Bonchev–Trinajstić information content (AvgIpc) is 3.22. The molecule has 0 unspecified atom stereocenters. The third-order valence-corrected chi connectivity index (χ3v) is 5.88. The van der Waals surface area contributed by atoms with Gasteiger partial charge in [-0.05, 0) is 56.2 Å². The van der Waals surface area contributed by atoms with E-state index >= 15 is 0 Å². The van der Waals surface area contributed by atoms with Crippen LogP contribution in [-0.2, 0) is 25.7 Å². The van der Waals surface area contributed by atoms with Crippen molar-refractivity contribution in [2.45, 2.75) is 45.6 Å². The fourth-order valence-electron chi connectivity index (χ4n) is 3.94. The van der Waals surface area contributed by atoms with Crippen LogP contribution in [0, 0.1) is 6.92 Å². The molecule has 0 radical (unpaired) electrons. The standard InChI is InChI=1S/C24H24ClNO6/c1-3-29-24(28)22-21(20-17(27)5-4-6-18(20)32-23(22)26)19-10-8-15(31-19)12-30-14-7-9-16(25)13(2)11-14/h7-11,21H,3-6,12,26H2,1-2H3/t21-/m0/s1. The first-order valence-electron chi connectivity index (χ1n) is 10.5. The maximum atomic E-state index is 12.8. The molecule has 2 aromatic rings. The van der Waals surface area contributed by atoms with Crippen LogP contribution in [0.1, 0.15) is 49.2 Å². The number of ketones is 1. The summed E-state index contributed by atoms with van der Waals surface area (Å²) in [5, 5.41) is 0.661. The molecular formula is C24H24ClNO6. The van der Waals surface area contributed by atoms with Crippen LogP contribution in [0.4, 0.5) is 0 Å². The quantitative estimate of drug-likeness (QED) is 0.628. The van der Waals surface area contributed by atoms with E-state index in [1.807, 2.05) is 13.0 Å². The minimum Gasteiger partial charge on any atom is -0.486 e. The van der Waals surface area contributed by atoms with E-state index in [2.05, 4.69) is 0 Å². The molecule has 1 aliphatic heterocycles. The van der Waals surface area contributed by atoms with Gasteiger partial charge in [0.05, 0.1) is 12.5 Å². The number of allylic oxidation sites excluding steroid dienone is 2. The van der Waals surface area contributed by atoms with E-state index in [0.29, 0.717) is 52.9 Å². The molecule has 4 rings (SSSR count). The van der Waals surface area contributed by atoms with Gasteiger partial charge in [0.2, 0.25) is 5.88 Å². The largest absolute Gasteiger partial charge is 0.486 e. The number of ether oxygens (including phenoxy) is 3. The zero-order chi connectivity index (χ0) is 22.8. The molecule has 1 atom stereocenters. The molecule has 2 N–H and O–H groups in total. The van der Waals surface area contributed by atoms with Crippen molar-refractivity contribution in [3.05, 3.63) is 75.2 Å². The van der Waals surface area contributed by atoms with Crippen molar-refractivity contribution in [2.75, 3.05) is 6.61 Å². The molecule has 0 saturated carbocycles. The van der Waals surface area contributed by atoms with Crippen LogP contribution in [0.15, 0.2) is 57.5 Å². The Balaban J connectivity index is 1.64. The highest BCUT2D eigenvalue weighted by Gasteiger charge is 2.42. The Morgan fingerprint density at radius 1 is 1.25 bits per heavy atom. The van der Waals surface area contributed by atoms with E-state index < -0.39 is 11.9 Å². The lowest BCUT2D eigenvalue weighted by Crippen LogP contribution is -2.31. The van der Waals surface area contributed by atoms with Gasteiger partial charge < -0.3 is 24.4 Å². The number of hydrogen-bond acceptors (Lipinski definition) is 7. The molecule has 1 aromatic carbocycles. The average molecular weight is 458 g/mol. The minimum absolute atomic E-state index is 0.0623. The van der Waals surface area contributed by atoms with Crippen molar-refractivity contribution in [1.29, 1.82) is 0 Å². The molecule has 0 spiro atoms. The van der Waals surface area contributed by atoms with E-state index in [-0.39, 0.29) is 30.5 Å². The lowest BCUT2D eigenvalue weighted by Gasteiger charge is -2.31. The first-order valence-corrected chi connectivity index (χ1v) is 10.8. The molecule has 32 heavy (non-hydrogen) atoms. The SMILES string of the molecule is CCOC(=O)C1=C(N)OC2=C(C(=O)CCC2)[C@@H]1c1ccc(COc2ccc(Cl)c(C)c2)o1. The number of carbonyl (C=O) groups excluding carboxylic acids is 2. The van der Waals surface area contributed by atoms with Crippen LogP contribution in [-0.4, -0.2) is 18.4 Å². The number of aryl methyl sites for hydroxylation is 1. The Hall–Kier alpha value is -3.19. The van der Waals surface area contributed by atoms with Crippen LogP contribution in [0.25, 0.3) is 0 Å². The summed E-state index contributed by atoms with van der Waals surface area (Å²) < 4.78 is 22.7. The maximum absolute atomic E-state index is 12.8. The van der Waals surface area contributed by atoms with Crippen molar-refractivity contribution >= 4 is 23.4 Å². The van der Waals surface area contributed by atoms with Crippen molar-refractivity contribution < 1.29 is 28.2 Å². The van der Waals surface area contributed by atoms with Gasteiger partial charge in [0.25, 0.3) is 0 Å². The molecule has 1 aliphatic carbocycles. The molecule has 0 amide bonds. The highest BCUT2D eigenvalue weighted by atomic mass is 35.5. The van der Waals surface area contributed by atoms with Crippen LogP contribution in [0.5, 0.6) is 5.75 Å². The van der Waals surface area contributed by atoms with Gasteiger partial charge in [-0.2, -0.15) is 0 Å². The van der Waals surface area contributed by atoms with Gasteiger partial charge in [-0.3, -0.25) is 4.79 Å². The molecule has 0 bridgehead atoms. The van der Waals surface area contributed by atoms with Crippen LogP contribution >= 0.6 is 11.6 Å². The summed E-state index contributed by atoms with van der Waals surface area (Å²) in [4.78, 5) is 25.5. The molecule has 0 saturated heterocycles. The van der Waals surface area contributed by atoms with Gasteiger partial charge >= 0.3 is 5.97 Å². The number of carbonyl (C=O) groups is 2. The monoisotopic (exact) mass is 457 g/mol. The van der Waals surface area contributed by atoms with Gasteiger partial charge in [-0.1, -0.05) is 11.6 Å². The molecule has 0 fully saturated rings. The highest BCUT2D eigenvalue weighted by Crippen LogP contribution is 2.44. The minimum atomic E-state index is -0.780. The molecular weight excluding hydrogens is 434 g/mol. The maximum Gasteiger partial charge on any atom is 0.340 e. The third-order valence-electron chi connectivity index (χ3n) is 5.46. The second kappa shape index (κ2) is 9.12.